The molecule has 0 bridgehead atoms. The minimum absolute atomic E-state index is 0.222. The van der Waals surface area contributed by atoms with Crippen LogP contribution in [0.25, 0.3) is 4.96 Å². The van der Waals surface area contributed by atoms with Gasteiger partial charge in [0.15, 0.2) is 0 Å². The lowest BCUT2D eigenvalue weighted by atomic mass is 10.2. The lowest BCUT2D eigenvalue weighted by molar-refractivity contribution is -0.137. The minimum atomic E-state index is -4.40. The lowest BCUT2D eigenvalue weighted by Gasteiger charge is -2.08. The number of aryl methyl sites for hydroxylation is 1. The fourth-order valence-electron chi connectivity index (χ4n) is 2.34. The Balaban J connectivity index is 1.56. The van der Waals surface area contributed by atoms with E-state index in [9.17, 15) is 18.0 Å². The predicted molar refractivity (Wildman–Crippen MR) is 97.3 cm³/mol. The van der Waals surface area contributed by atoms with Gasteiger partial charge in [-0.05, 0) is 18.6 Å². The third-order valence-corrected chi connectivity index (χ3v) is 4.47. The summed E-state index contributed by atoms with van der Waals surface area (Å²) in [5, 5.41) is 10.7. The van der Waals surface area contributed by atoms with Crippen LogP contribution in [0.4, 0.5) is 24.1 Å². The summed E-state index contributed by atoms with van der Waals surface area (Å²) in [6.45, 7) is 2.87. The first-order valence-electron chi connectivity index (χ1n) is 8.27. The summed E-state index contributed by atoms with van der Waals surface area (Å²) in [6, 6.07) is 3.74. The van der Waals surface area contributed by atoms with E-state index < -0.39 is 11.7 Å². The van der Waals surface area contributed by atoms with E-state index in [-0.39, 0.29) is 5.56 Å². The van der Waals surface area contributed by atoms with Crippen LogP contribution in [0.2, 0.25) is 0 Å². The summed E-state index contributed by atoms with van der Waals surface area (Å²) in [5.74, 6) is 0.344. The van der Waals surface area contributed by atoms with Gasteiger partial charge in [-0.15, -0.1) is 5.10 Å². The maximum Gasteiger partial charge on any atom is 0.417 e. The zero-order chi connectivity index (χ0) is 19.4. The molecule has 0 atom stereocenters. The van der Waals surface area contributed by atoms with Crippen LogP contribution in [0.1, 0.15) is 24.6 Å². The molecule has 0 radical (unpaired) electrons. The number of hydrogen-bond acceptors (Lipinski definition) is 7. The largest absolute Gasteiger partial charge is 0.417 e. The maximum absolute atomic E-state index is 12.5. The molecule has 3 aromatic rings. The van der Waals surface area contributed by atoms with Gasteiger partial charge < -0.3 is 10.6 Å². The third kappa shape index (κ3) is 4.73. The third-order valence-electron chi connectivity index (χ3n) is 3.60. The summed E-state index contributed by atoms with van der Waals surface area (Å²) in [6.07, 6.45) is -1.98. The fraction of sp³-hybridized carbons (Fsp3) is 0.375. The number of aromatic nitrogens is 4. The van der Waals surface area contributed by atoms with Crippen molar-refractivity contribution in [2.75, 3.05) is 23.7 Å². The van der Waals surface area contributed by atoms with Gasteiger partial charge in [-0.1, -0.05) is 24.7 Å². The zero-order valence-electron chi connectivity index (χ0n) is 14.4. The molecule has 0 aliphatic rings. The van der Waals surface area contributed by atoms with Crippen LogP contribution in [0, 0.1) is 0 Å². The number of halogens is 3. The van der Waals surface area contributed by atoms with Crippen LogP contribution in [0.3, 0.4) is 0 Å². The Hall–Kier alpha value is -2.69. The van der Waals surface area contributed by atoms with Gasteiger partial charge in [0.2, 0.25) is 10.1 Å². The van der Waals surface area contributed by atoms with Gasteiger partial charge in [0.25, 0.3) is 5.56 Å². The van der Waals surface area contributed by atoms with Crippen molar-refractivity contribution in [3.05, 3.63) is 46.0 Å². The molecule has 27 heavy (non-hydrogen) atoms. The molecule has 0 spiro atoms. The lowest BCUT2D eigenvalue weighted by Crippen LogP contribution is -2.17. The molecule has 144 valence electrons. The first-order valence-corrected chi connectivity index (χ1v) is 9.09. The van der Waals surface area contributed by atoms with Crippen LogP contribution >= 0.6 is 11.3 Å². The first-order chi connectivity index (χ1) is 12.9. The minimum Gasteiger partial charge on any atom is -0.368 e. The number of fused-ring (bicyclic) bond motifs is 1. The molecule has 0 unspecified atom stereocenters. The summed E-state index contributed by atoms with van der Waals surface area (Å²) < 4.78 is 38.7. The summed E-state index contributed by atoms with van der Waals surface area (Å²) >= 11 is 1.26. The number of nitrogens with zero attached hydrogens (tertiary/aromatic N) is 4. The van der Waals surface area contributed by atoms with E-state index in [1.165, 1.54) is 28.0 Å². The Bertz CT molecular complexity index is 967. The van der Waals surface area contributed by atoms with Crippen LogP contribution in [-0.2, 0) is 12.6 Å². The van der Waals surface area contributed by atoms with Crippen molar-refractivity contribution in [3.63, 3.8) is 0 Å². The molecular formula is C16H17F3N6OS. The summed E-state index contributed by atoms with van der Waals surface area (Å²) in [5.41, 5.74) is -0.270. The van der Waals surface area contributed by atoms with E-state index in [0.717, 1.165) is 30.8 Å². The highest BCUT2D eigenvalue weighted by Gasteiger charge is 2.30. The second-order valence-corrected chi connectivity index (χ2v) is 6.68. The summed E-state index contributed by atoms with van der Waals surface area (Å²) in [7, 11) is 0. The van der Waals surface area contributed by atoms with E-state index in [4.69, 9.17) is 0 Å². The van der Waals surface area contributed by atoms with Crippen molar-refractivity contribution in [1.29, 1.82) is 0 Å². The molecule has 0 saturated carbocycles. The van der Waals surface area contributed by atoms with Crippen LogP contribution < -0.4 is 16.2 Å². The molecule has 0 aliphatic carbocycles. The maximum atomic E-state index is 12.5. The molecule has 0 amide bonds. The van der Waals surface area contributed by atoms with Gasteiger partial charge in [-0.2, -0.15) is 17.7 Å². The Kier molecular flexibility index (Phi) is 5.59. The second kappa shape index (κ2) is 7.91. The molecule has 2 N–H and O–H groups in total. The van der Waals surface area contributed by atoms with Crippen LogP contribution in [0.15, 0.2) is 29.2 Å². The smallest absolute Gasteiger partial charge is 0.368 e. The zero-order valence-corrected chi connectivity index (χ0v) is 15.2. The first kappa shape index (κ1) is 19.1. The molecule has 0 aromatic carbocycles. The Labute approximate surface area is 156 Å². The molecule has 0 fully saturated rings. The van der Waals surface area contributed by atoms with Crippen LogP contribution in [-0.4, -0.2) is 32.7 Å². The normalized spacial score (nSPS) is 11.7. The van der Waals surface area contributed by atoms with Crippen molar-refractivity contribution < 1.29 is 13.2 Å². The number of alkyl halides is 3. The number of nitrogens with one attached hydrogen (secondary N) is 2. The van der Waals surface area contributed by atoms with E-state index in [1.807, 2.05) is 6.92 Å². The highest BCUT2D eigenvalue weighted by atomic mass is 32.1. The van der Waals surface area contributed by atoms with Gasteiger partial charge >= 0.3 is 6.18 Å². The standard InChI is InChI=1S/C16H17F3N6OS/c1-2-3-11-8-13(26)25-15(23-11)27-14(24-25)21-7-6-20-12-5-4-10(9-22-12)16(17,18)19/h4-5,8-9H,2-3,6-7H2,1H3,(H,20,22)(H,21,24). The fourth-order valence-corrected chi connectivity index (χ4v) is 3.19. The highest BCUT2D eigenvalue weighted by molar-refractivity contribution is 7.20. The van der Waals surface area contributed by atoms with Gasteiger partial charge in [-0.3, -0.25) is 4.79 Å². The van der Waals surface area contributed by atoms with Crippen molar-refractivity contribution in [3.8, 4) is 0 Å². The average Bonchev–Trinajstić information content (AvgIpc) is 3.02. The average molecular weight is 398 g/mol. The number of anilines is 2. The summed E-state index contributed by atoms with van der Waals surface area (Å²) in [4.78, 5) is 20.7. The SMILES string of the molecule is CCCc1cc(=O)n2nc(NCCNc3ccc(C(F)(F)F)cn3)sc2n1. The van der Waals surface area contributed by atoms with Crippen LogP contribution in [0.5, 0.6) is 0 Å². The molecular weight excluding hydrogens is 381 g/mol. The topological polar surface area (TPSA) is 84.2 Å². The monoisotopic (exact) mass is 398 g/mol. The number of hydrogen-bond donors (Lipinski definition) is 2. The quantitative estimate of drug-likeness (QED) is 0.595. The predicted octanol–water partition coefficient (Wildman–Crippen LogP) is 3.04. The Morgan fingerprint density at radius 3 is 2.67 bits per heavy atom. The molecule has 3 rings (SSSR count). The van der Waals surface area contributed by atoms with Gasteiger partial charge in [0.05, 0.1) is 5.56 Å². The van der Waals surface area contributed by atoms with Crippen molar-refractivity contribution >= 4 is 27.2 Å². The molecule has 11 heteroatoms. The number of pyridine rings is 1. The molecule has 0 saturated heterocycles. The van der Waals surface area contributed by atoms with E-state index in [0.29, 0.717) is 29.0 Å². The van der Waals surface area contributed by atoms with E-state index >= 15 is 0 Å². The molecule has 0 aliphatic heterocycles. The van der Waals surface area contributed by atoms with Crippen molar-refractivity contribution in [2.45, 2.75) is 25.9 Å². The van der Waals surface area contributed by atoms with Gasteiger partial charge in [0, 0.05) is 31.0 Å². The second-order valence-electron chi connectivity index (χ2n) is 5.72. The van der Waals surface area contributed by atoms with E-state index in [1.54, 1.807) is 0 Å². The van der Waals surface area contributed by atoms with Gasteiger partial charge in [0.1, 0.15) is 5.82 Å². The highest BCUT2D eigenvalue weighted by Crippen LogP contribution is 2.28. The van der Waals surface area contributed by atoms with Crippen molar-refractivity contribution in [2.24, 2.45) is 0 Å². The number of rotatable bonds is 7. The Morgan fingerprint density at radius 1 is 1.22 bits per heavy atom. The molecule has 7 nitrogen and oxygen atoms in total. The van der Waals surface area contributed by atoms with Gasteiger partial charge in [-0.25, -0.2) is 9.97 Å². The molecule has 3 aromatic heterocycles. The van der Waals surface area contributed by atoms with E-state index in [2.05, 4.69) is 25.7 Å². The Morgan fingerprint density at radius 2 is 2.00 bits per heavy atom. The molecule has 3 heterocycles. The van der Waals surface area contributed by atoms with Crippen molar-refractivity contribution in [1.82, 2.24) is 19.6 Å².